The number of tetrazole rings is 1. The minimum atomic E-state index is -0.371. The van der Waals surface area contributed by atoms with Crippen LogP contribution < -0.4 is 10.2 Å². The molecule has 1 fully saturated rings. The summed E-state index contributed by atoms with van der Waals surface area (Å²) in [7, 11) is 0. The van der Waals surface area contributed by atoms with E-state index < -0.39 is 0 Å². The van der Waals surface area contributed by atoms with Crippen molar-refractivity contribution in [3.05, 3.63) is 35.2 Å². The van der Waals surface area contributed by atoms with Gasteiger partial charge >= 0.3 is 0 Å². The Balaban J connectivity index is 1.65. The predicted molar refractivity (Wildman–Crippen MR) is 111 cm³/mol. The third-order valence-electron chi connectivity index (χ3n) is 4.59. The van der Waals surface area contributed by atoms with Crippen LogP contribution in [0, 0.1) is 16.7 Å². The second kappa shape index (κ2) is 8.49. The van der Waals surface area contributed by atoms with Crippen molar-refractivity contribution in [1.82, 2.24) is 25.5 Å². The first kappa shape index (κ1) is 20.6. The molecule has 29 heavy (non-hydrogen) atoms. The molecule has 2 N–H and O–H groups in total. The molecule has 0 unspecified atom stereocenters. The number of carbonyl (C=O) groups is 1. The van der Waals surface area contributed by atoms with Gasteiger partial charge in [-0.05, 0) is 23.4 Å². The van der Waals surface area contributed by atoms with Crippen LogP contribution in [0.2, 0.25) is 5.02 Å². The predicted octanol–water partition coefficient (Wildman–Crippen LogP) is 2.52. The zero-order chi connectivity index (χ0) is 21.0. The van der Waals surface area contributed by atoms with Crippen LogP contribution in [0.4, 0.5) is 11.4 Å². The maximum Gasteiger partial charge on any atom is 0.228 e. The molecule has 1 amide bonds. The van der Waals surface area contributed by atoms with Crippen LogP contribution in [0.25, 0.3) is 5.57 Å². The van der Waals surface area contributed by atoms with Crippen LogP contribution in [0.1, 0.15) is 26.6 Å². The third kappa shape index (κ3) is 4.84. The van der Waals surface area contributed by atoms with Crippen molar-refractivity contribution >= 4 is 34.5 Å². The lowest BCUT2D eigenvalue weighted by molar-refractivity contribution is -0.139. The van der Waals surface area contributed by atoms with E-state index in [1.807, 2.05) is 43.9 Å². The molecule has 0 spiro atoms. The fraction of sp³-hybridized carbons (Fsp3) is 0.421. The summed E-state index contributed by atoms with van der Waals surface area (Å²) >= 11 is 6.50. The monoisotopic (exact) mass is 414 g/mol. The van der Waals surface area contributed by atoms with Crippen LogP contribution in [0.3, 0.4) is 0 Å². The Kier molecular flexibility index (Phi) is 6.03. The number of halogens is 1. The number of amides is 1. The summed E-state index contributed by atoms with van der Waals surface area (Å²) in [5.41, 5.74) is 1.53. The number of nitriles is 1. The van der Waals surface area contributed by atoms with E-state index in [9.17, 15) is 10.1 Å². The maximum absolute atomic E-state index is 12.4. The normalized spacial score (nSPS) is 15.2. The molecule has 9 nitrogen and oxygen atoms in total. The number of carbonyl (C=O) groups excluding carboxylic acids is 1. The number of hydrogen-bond donors (Lipinski definition) is 2. The zero-order valence-corrected chi connectivity index (χ0v) is 17.4. The molecule has 0 bridgehead atoms. The molecule has 1 aromatic heterocycles. The van der Waals surface area contributed by atoms with Gasteiger partial charge in [-0.2, -0.15) is 10.5 Å². The minimum absolute atomic E-state index is 0.171. The molecule has 1 aliphatic heterocycles. The van der Waals surface area contributed by atoms with Crippen LogP contribution in [0.15, 0.2) is 24.4 Å². The molecule has 152 valence electrons. The number of aromatic nitrogens is 4. The van der Waals surface area contributed by atoms with E-state index in [4.69, 9.17) is 11.6 Å². The highest BCUT2D eigenvalue weighted by atomic mass is 35.5. The number of anilines is 2. The van der Waals surface area contributed by atoms with Gasteiger partial charge < -0.3 is 15.1 Å². The number of benzene rings is 1. The van der Waals surface area contributed by atoms with E-state index in [1.165, 1.54) is 6.20 Å². The largest absolute Gasteiger partial charge is 0.367 e. The van der Waals surface area contributed by atoms with Crippen molar-refractivity contribution in [3.8, 4) is 6.07 Å². The standard InChI is InChI=1S/C19H23ClN8O/c1-19(2,3)18(29)28-8-6-27(7-9-28)16-5-4-14(10-15(16)20)22-12-13(11-21)17-23-25-26-24-17/h4-5,10,12,22H,6-9H2,1-3H3,(H,23,24,25,26). The molecular formula is C19H23ClN8O. The van der Waals surface area contributed by atoms with Crippen molar-refractivity contribution in [2.75, 3.05) is 36.4 Å². The van der Waals surface area contributed by atoms with E-state index in [2.05, 4.69) is 30.8 Å². The summed E-state index contributed by atoms with van der Waals surface area (Å²) < 4.78 is 0. The van der Waals surface area contributed by atoms with Crippen molar-refractivity contribution in [3.63, 3.8) is 0 Å². The SMILES string of the molecule is CC(C)(C)C(=O)N1CCN(c2ccc(NC=C(C#N)c3nn[nH]n3)cc2Cl)CC1. The summed E-state index contributed by atoms with van der Waals surface area (Å²) in [4.78, 5) is 16.5. The van der Waals surface area contributed by atoms with Gasteiger partial charge in [-0.25, -0.2) is 0 Å². The Morgan fingerprint density at radius 2 is 2.03 bits per heavy atom. The number of rotatable bonds is 4. The first-order valence-electron chi connectivity index (χ1n) is 9.24. The van der Waals surface area contributed by atoms with Gasteiger partial charge in [0.2, 0.25) is 11.7 Å². The highest BCUT2D eigenvalue weighted by Crippen LogP contribution is 2.30. The van der Waals surface area contributed by atoms with Gasteiger partial charge in [-0.1, -0.05) is 32.4 Å². The molecule has 2 aromatic rings. The van der Waals surface area contributed by atoms with Crippen LogP contribution in [0.5, 0.6) is 0 Å². The number of allylic oxidation sites excluding steroid dienone is 1. The van der Waals surface area contributed by atoms with Gasteiger partial charge in [-0.3, -0.25) is 4.79 Å². The number of nitrogens with zero attached hydrogens (tertiary/aromatic N) is 6. The van der Waals surface area contributed by atoms with Crippen LogP contribution in [-0.4, -0.2) is 57.6 Å². The number of piperazine rings is 1. The van der Waals surface area contributed by atoms with E-state index in [-0.39, 0.29) is 22.7 Å². The van der Waals surface area contributed by atoms with Crippen LogP contribution >= 0.6 is 11.6 Å². The Labute approximate surface area is 174 Å². The fourth-order valence-electron chi connectivity index (χ4n) is 3.06. The molecule has 1 saturated heterocycles. The topological polar surface area (TPSA) is 114 Å². The maximum atomic E-state index is 12.4. The van der Waals surface area contributed by atoms with Gasteiger partial charge in [0.25, 0.3) is 0 Å². The van der Waals surface area contributed by atoms with E-state index in [0.29, 0.717) is 18.1 Å². The first-order chi connectivity index (χ1) is 13.8. The Morgan fingerprint density at radius 3 is 2.59 bits per heavy atom. The molecule has 0 atom stereocenters. The van der Waals surface area contributed by atoms with Gasteiger partial charge in [0, 0.05) is 43.5 Å². The molecule has 3 rings (SSSR count). The number of nitrogens with one attached hydrogen (secondary N) is 2. The van der Waals surface area contributed by atoms with Crippen molar-refractivity contribution < 1.29 is 4.79 Å². The number of aromatic amines is 1. The summed E-state index contributed by atoms with van der Waals surface area (Å²) in [6.45, 7) is 8.62. The average molecular weight is 415 g/mol. The zero-order valence-electron chi connectivity index (χ0n) is 16.6. The summed E-state index contributed by atoms with van der Waals surface area (Å²) in [5, 5.41) is 26.2. The van der Waals surface area contributed by atoms with E-state index in [0.717, 1.165) is 24.5 Å². The lowest BCUT2D eigenvalue weighted by Crippen LogP contribution is -2.51. The van der Waals surface area contributed by atoms with Crippen molar-refractivity contribution in [2.24, 2.45) is 5.41 Å². The van der Waals surface area contributed by atoms with Gasteiger partial charge in [0.1, 0.15) is 11.6 Å². The first-order valence-corrected chi connectivity index (χ1v) is 9.62. The highest BCUT2D eigenvalue weighted by Gasteiger charge is 2.30. The lowest BCUT2D eigenvalue weighted by atomic mass is 9.94. The summed E-state index contributed by atoms with van der Waals surface area (Å²) in [5.74, 6) is 0.384. The summed E-state index contributed by atoms with van der Waals surface area (Å²) in [6.07, 6.45) is 1.51. The smallest absolute Gasteiger partial charge is 0.228 e. The lowest BCUT2D eigenvalue weighted by Gasteiger charge is -2.39. The molecule has 1 aliphatic rings. The quantitative estimate of drug-likeness (QED) is 0.738. The second-order valence-electron chi connectivity index (χ2n) is 7.75. The molecule has 2 heterocycles. The third-order valence-corrected chi connectivity index (χ3v) is 4.89. The van der Waals surface area contributed by atoms with Gasteiger partial charge in [0.15, 0.2) is 0 Å². The number of hydrogen-bond acceptors (Lipinski definition) is 7. The highest BCUT2D eigenvalue weighted by molar-refractivity contribution is 6.33. The number of H-pyrrole nitrogens is 1. The van der Waals surface area contributed by atoms with Crippen LogP contribution in [-0.2, 0) is 4.79 Å². The Hall–Kier alpha value is -3.12. The molecule has 10 heteroatoms. The molecule has 1 aromatic carbocycles. The van der Waals surface area contributed by atoms with Gasteiger partial charge in [-0.15, -0.1) is 10.2 Å². The molecule has 0 saturated carbocycles. The van der Waals surface area contributed by atoms with Gasteiger partial charge in [0.05, 0.1) is 10.7 Å². The fourth-order valence-corrected chi connectivity index (χ4v) is 3.36. The van der Waals surface area contributed by atoms with Crippen molar-refractivity contribution in [1.29, 1.82) is 5.26 Å². The van der Waals surface area contributed by atoms with E-state index in [1.54, 1.807) is 6.07 Å². The molecular weight excluding hydrogens is 392 g/mol. The second-order valence-corrected chi connectivity index (χ2v) is 8.15. The molecule has 0 aliphatic carbocycles. The Bertz CT molecular complexity index is 934. The Morgan fingerprint density at radius 1 is 1.31 bits per heavy atom. The molecule has 0 radical (unpaired) electrons. The average Bonchev–Trinajstić information content (AvgIpc) is 3.22. The summed E-state index contributed by atoms with van der Waals surface area (Å²) in [6, 6.07) is 7.63. The van der Waals surface area contributed by atoms with E-state index >= 15 is 0 Å². The minimum Gasteiger partial charge on any atom is -0.367 e. The van der Waals surface area contributed by atoms with Crippen molar-refractivity contribution in [2.45, 2.75) is 20.8 Å².